The smallest absolute Gasteiger partial charge is 0.212 e. The molecule has 0 aliphatic heterocycles. The molecule has 1 aliphatic rings. The first-order chi connectivity index (χ1) is 9.28. The Morgan fingerprint density at radius 3 is 2.74 bits per heavy atom. The minimum atomic E-state index is 0.578. The van der Waals surface area contributed by atoms with Gasteiger partial charge in [0.05, 0.1) is 7.11 Å². The molecule has 5 heteroatoms. The van der Waals surface area contributed by atoms with Gasteiger partial charge < -0.3 is 10.5 Å². The van der Waals surface area contributed by atoms with Gasteiger partial charge in [-0.1, -0.05) is 0 Å². The van der Waals surface area contributed by atoms with Crippen molar-refractivity contribution in [2.45, 2.75) is 25.7 Å². The number of ether oxygens (including phenoxy) is 1. The zero-order valence-electron chi connectivity index (χ0n) is 10.9. The van der Waals surface area contributed by atoms with Gasteiger partial charge in [0.15, 0.2) is 5.82 Å². The number of pyridine rings is 1. The first-order valence-corrected chi connectivity index (χ1v) is 6.43. The Labute approximate surface area is 111 Å². The van der Waals surface area contributed by atoms with Crippen molar-refractivity contribution in [1.29, 1.82) is 0 Å². The van der Waals surface area contributed by atoms with E-state index in [-0.39, 0.29) is 0 Å². The molecule has 0 fully saturated rings. The predicted molar refractivity (Wildman–Crippen MR) is 72.9 cm³/mol. The van der Waals surface area contributed by atoms with Crippen LogP contribution in [0.2, 0.25) is 0 Å². The van der Waals surface area contributed by atoms with Gasteiger partial charge in [-0.15, -0.1) is 0 Å². The van der Waals surface area contributed by atoms with Crippen molar-refractivity contribution in [2.24, 2.45) is 0 Å². The van der Waals surface area contributed by atoms with Crippen molar-refractivity contribution < 1.29 is 4.74 Å². The molecule has 2 N–H and O–H groups in total. The topological polar surface area (TPSA) is 73.9 Å². The highest BCUT2D eigenvalue weighted by molar-refractivity contribution is 5.58. The predicted octanol–water partition coefficient (Wildman–Crippen LogP) is 2.01. The van der Waals surface area contributed by atoms with Gasteiger partial charge in [-0.2, -0.15) is 0 Å². The summed E-state index contributed by atoms with van der Waals surface area (Å²) < 4.78 is 5.04. The van der Waals surface area contributed by atoms with Gasteiger partial charge in [-0.3, -0.25) is 0 Å². The molecule has 2 aromatic rings. The molecular formula is C14H16N4O. The number of nitrogen functional groups attached to an aromatic ring is 1. The zero-order chi connectivity index (χ0) is 13.2. The van der Waals surface area contributed by atoms with E-state index < -0.39 is 0 Å². The number of anilines is 1. The molecule has 0 aromatic carbocycles. The Balaban J connectivity index is 2.02. The number of rotatable bonds is 2. The number of hydrogen-bond acceptors (Lipinski definition) is 5. The molecule has 0 amide bonds. The number of hydrogen-bond donors (Lipinski definition) is 1. The fraction of sp³-hybridized carbons (Fsp3) is 0.357. The normalized spacial score (nSPS) is 13.9. The standard InChI is InChI=1S/C14H16N4O/c1-19-12-7-6-9(8-16-12)14-17-11-5-3-2-4-10(11)13(15)18-14/h6-8H,2-5H2,1H3,(H2,15,17,18). The van der Waals surface area contributed by atoms with Crippen molar-refractivity contribution in [3.63, 3.8) is 0 Å². The van der Waals surface area contributed by atoms with Crippen LogP contribution in [0.15, 0.2) is 18.3 Å². The second-order valence-electron chi connectivity index (χ2n) is 4.65. The molecular weight excluding hydrogens is 240 g/mol. The van der Waals surface area contributed by atoms with E-state index in [1.807, 2.05) is 6.07 Å². The van der Waals surface area contributed by atoms with E-state index in [1.54, 1.807) is 19.4 Å². The lowest BCUT2D eigenvalue weighted by Crippen LogP contribution is -2.11. The molecule has 98 valence electrons. The maximum absolute atomic E-state index is 6.04. The van der Waals surface area contributed by atoms with Crippen LogP contribution < -0.4 is 10.5 Å². The summed E-state index contributed by atoms with van der Waals surface area (Å²) in [4.78, 5) is 13.2. The summed E-state index contributed by atoms with van der Waals surface area (Å²) in [6, 6.07) is 3.70. The number of aryl methyl sites for hydroxylation is 1. The van der Waals surface area contributed by atoms with Crippen LogP contribution in [0.4, 0.5) is 5.82 Å². The lowest BCUT2D eigenvalue weighted by atomic mass is 9.96. The van der Waals surface area contributed by atoms with E-state index in [1.165, 1.54) is 12.8 Å². The van der Waals surface area contributed by atoms with Gasteiger partial charge in [-0.05, 0) is 31.7 Å². The summed E-state index contributed by atoms with van der Waals surface area (Å²) in [5.74, 6) is 1.83. The molecule has 0 saturated carbocycles. The third-order valence-electron chi connectivity index (χ3n) is 3.42. The molecule has 0 unspecified atom stereocenters. The SMILES string of the molecule is COc1ccc(-c2nc(N)c3c(n2)CCCC3)cn1. The number of fused-ring (bicyclic) bond motifs is 1. The molecule has 0 atom stereocenters. The largest absolute Gasteiger partial charge is 0.481 e. The van der Waals surface area contributed by atoms with E-state index in [2.05, 4.69) is 15.0 Å². The molecule has 0 saturated heterocycles. The molecule has 0 bridgehead atoms. The van der Waals surface area contributed by atoms with Gasteiger partial charge in [0.25, 0.3) is 0 Å². The molecule has 2 aromatic heterocycles. The van der Waals surface area contributed by atoms with Crippen LogP contribution in [0.25, 0.3) is 11.4 Å². The lowest BCUT2D eigenvalue weighted by molar-refractivity contribution is 0.398. The Bertz CT molecular complexity index is 595. The fourth-order valence-electron chi connectivity index (χ4n) is 2.39. The highest BCUT2D eigenvalue weighted by Crippen LogP contribution is 2.26. The summed E-state index contributed by atoms with van der Waals surface area (Å²) in [6.07, 6.45) is 6.03. The van der Waals surface area contributed by atoms with E-state index in [0.717, 1.165) is 29.7 Å². The maximum atomic E-state index is 6.04. The minimum Gasteiger partial charge on any atom is -0.481 e. The number of nitrogens with two attached hydrogens (primary N) is 1. The minimum absolute atomic E-state index is 0.578. The van der Waals surface area contributed by atoms with Gasteiger partial charge in [0.1, 0.15) is 5.82 Å². The van der Waals surface area contributed by atoms with E-state index in [9.17, 15) is 0 Å². The lowest BCUT2D eigenvalue weighted by Gasteiger charge is -2.17. The Morgan fingerprint density at radius 2 is 2.00 bits per heavy atom. The fourth-order valence-corrected chi connectivity index (χ4v) is 2.39. The Hall–Kier alpha value is -2.17. The van der Waals surface area contributed by atoms with Crippen LogP contribution in [0.3, 0.4) is 0 Å². The first-order valence-electron chi connectivity index (χ1n) is 6.43. The van der Waals surface area contributed by atoms with E-state index in [0.29, 0.717) is 17.5 Å². The van der Waals surface area contributed by atoms with Gasteiger partial charge in [-0.25, -0.2) is 15.0 Å². The zero-order valence-corrected chi connectivity index (χ0v) is 10.9. The van der Waals surface area contributed by atoms with Crippen LogP contribution >= 0.6 is 0 Å². The number of nitrogens with zero attached hydrogens (tertiary/aromatic N) is 3. The van der Waals surface area contributed by atoms with Crippen LogP contribution in [0.1, 0.15) is 24.1 Å². The summed E-state index contributed by atoms with van der Waals surface area (Å²) in [6.45, 7) is 0. The van der Waals surface area contributed by atoms with Crippen LogP contribution in [0.5, 0.6) is 5.88 Å². The maximum Gasteiger partial charge on any atom is 0.212 e. The van der Waals surface area contributed by atoms with Crippen molar-refractivity contribution in [3.05, 3.63) is 29.6 Å². The quantitative estimate of drug-likeness (QED) is 0.889. The Morgan fingerprint density at radius 1 is 1.16 bits per heavy atom. The second kappa shape index (κ2) is 4.84. The summed E-state index contributed by atoms with van der Waals surface area (Å²) >= 11 is 0. The highest BCUT2D eigenvalue weighted by atomic mass is 16.5. The molecule has 3 rings (SSSR count). The van der Waals surface area contributed by atoms with Gasteiger partial charge in [0, 0.05) is 29.1 Å². The average Bonchev–Trinajstić information content (AvgIpc) is 2.47. The van der Waals surface area contributed by atoms with Gasteiger partial charge in [0.2, 0.25) is 5.88 Å². The summed E-state index contributed by atoms with van der Waals surface area (Å²) in [5, 5.41) is 0. The summed E-state index contributed by atoms with van der Waals surface area (Å²) in [5.41, 5.74) is 9.11. The third kappa shape index (κ3) is 2.23. The average molecular weight is 256 g/mol. The van der Waals surface area contributed by atoms with Gasteiger partial charge >= 0.3 is 0 Å². The third-order valence-corrected chi connectivity index (χ3v) is 3.42. The van der Waals surface area contributed by atoms with E-state index >= 15 is 0 Å². The molecule has 5 nitrogen and oxygen atoms in total. The molecule has 19 heavy (non-hydrogen) atoms. The van der Waals surface area contributed by atoms with Crippen molar-refractivity contribution in [3.8, 4) is 17.3 Å². The Kier molecular flexibility index (Phi) is 3.03. The molecule has 1 aliphatic carbocycles. The second-order valence-corrected chi connectivity index (χ2v) is 4.65. The summed E-state index contributed by atoms with van der Waals surface area (Å²) in [7, 11) is 1.59. The van der Waals surface area contributed by atoms with Crippen LogP contribution in [0, 0.1) is 0 Å². The monoisotopic (exact) mass is 256 g/mol. The van der Waals surface area contributed by atoms with Crippen molar-refractivity contribution in [2.75, 3.05) is 12.8 Å². The molecule has 2 heterocycles. The first kappa shape index (κ1) is 11.9. The number of aromatic nitrogens is 3. The van der Waals surface area contributed by atoms with E-state index in [4.69, 9.17) is 10.5 Å². The number of methoxy groups -OCH3 is 1. The van der Waals surface area contributed by atoms with Crippen molar-refractivity contribution in [1.82, 2.24) is 15.0 Å². The van der Waals surface area contributed by atoms with Crippen LogP contribution in [-0.2, 0) is 12.8 Å². The molecule has 0 spiro atoms. The van der Waals surface area contributed by atoms with Crippen molar-refractivity contribution >= 4 is 5.82 Å². The van der Waals surface area contributed by atoms with Crippen LogP contribution in [-0.4, -0.2) is 22.1 Å². The highest BCUT2D eigenvalue weighted by Gasteiger charge is 2.16. The molecule has 0 radical (unpaired) electrons.